The van der Waals surface area contributed by atoms with Crippen molar-refractivity contribution in [2.75, 3.05) is 12.9 Å². The molecular formula is C10H13FO3S. The molecule has 1 aromatic carbocycles. The molecule has 1 N–H and O–H groups in total. The van der Waals surface area contributed by atoms with Crippen molar-refractivity contribution in [2.24, 2.45) is 0 Å². The van der Waals surface area contributed by atoms with Crippen LogP contribution in [0.3, 0.4) is 0 Å². The number of hydrogen-bond acceptors (Lipinski definition) is 3. The molecule has 0 saturated carbocycles. The van der Waals surface area contributed by atoms with Crippen LogP contribution in [0.25, 0.3) is 0 Å². The Balaban J connectivity index is 3.47. The summed E-state index contributed by atoms with van der Waals surface area (Å²) in [7, 11) is -3.61. The molecule has 0 amide bonds. The van der Waals surface area contributed by atoms with Crippen LogP contribution in [0.5, 0.6) is 0 Å². The minimum Gasteiger partial charge on any atom is -0.396 e. The zero-order valence-corrected chi connectivity index (χ0v) is 9.38. The first-order valence-electron chi connectivity index (χ1n) is 4.47. The summed E-state index contributed by atoms with van der Waals surface area (Å²) in [6.07, 6.45) is 0.957. The number of aliphatic hydroxyl groups excluding tert-OH is 1. The molecule has 0 aliphatic rings. The molecule has 1 unspecified atom stereocenters. The highest BCUT2D eigenvalue weighted by molar-refractivity contribution is 7.90. The Morgan fingerprint density at radius 3 is 2.53 bits per heavy atom. The van der Waals surface area contributed by atoms with Crippen molar-refractivity contribution in [3.8, 4) is 0 Å². The second kappa shape index (κ2) is 4.28. The van der Waals surface area contributed by atoms with Gasteiger partial charge in [0.2, 0.25) is 0 Å². The number of benzene rings is 1. The Hall–Kier alpha value is -0.940. The van der Waals surface area contributed by atoms with Gasteiger partial charge in [0, 0.05) is 18.8 Å². The fourth-order valence-corrected chi connectivity index (χ4v) is 2.52. The second-order valence-corrected chi connectivity index (χ2v) is 5.47. The van der Waals surface area contributed by atoms with E-state index in [1.54, 1.807) is 6.92 Å². The zero-order chi connectivity index (χ0) is 11.6. The van der Waals surface area contributed by atoms with Gasteiger partial charge in [-0.3, -0.25) is 0 Å². The molecule has 1 rings (SSSR count). The van der Waals surface area contributed by atoms with E-state index in [1.165, 1.54) is 12.1 Å². The number of halogens is 1. The molecule has 0 bridgehead atoms. The van der Waals surface area contributed by atoms with E-state index in [9.17, 15) is 12.8 Å². The van der Waals surface area contributed by atoms with E-state index in [1.807, 2.05) is 0 Å². The Bertz CT molecular complexity index is 454. The van der Waals surface area contributed by atoms with E-state index in [0.29, 0.717) is 5.56 Å². The van der Waals surface area contributed by atoms with Crippen molar-refractivity contribution in [3.05, 3.63) is 29.6 Å². The molecule has 0 aromatic heterocycles. The third-order valence-electron chi connectivity index (χ3n) is 2.17. The first-order chi connectivity index (χ1) is 6.88. The molecule has 1 atom stereocenters. The van der Waals surface area contributed by atoms with Gasteiger partial charge in [-0.2, -0.15) is 0 Å². The average molecular weight is 232 g/mol. The van der Waals surface area contributed by atoms with Crippen LogP contribution in [0.4, 0.5) is 4.39 Å². The van der Waals surface area contributed by atoms with Gasteiger partial charge in [0.1, 0.15) is 10.7 Å². The Morgan fingerprint density at radius 1 is 1.47 bits per heavy atom. The van der Waals surface area contributed by atoms with E-state index in [0.717, 1.165) is 12.3 Å². The molecular weight excluding hydrogens is 219 g/mol. The molecule has 15 heavy (non-hydrogen) atoms. The number of rotatable bonds is 3. The average Bonchev–Trinajstić information content (AvgIpc) is 2.14. The monoisotopic (exact) mass is 232 g/mol. The quantitative estimate of drug-likeness (QED) is 0.855. The van der Waals surface area contributed by atoms with Crippen molar-refractivity contribution < 1.29 is 17.9 Å². The van der Waals surface area contributed by atoms with Crippen molar-refractivity contribution in [1.29, 1.82) is 0 Å². The third-order valence-corrected chi connectivity index (χ3v) is 3.35. The van der Waals surface area contributed by atoms with E-state index >= 15 is 0 Å². The lowest BCUT2D eigenvalue weighted by Crippen LogP contribution is -2.10. The van der Waals surface area contributed by atoms with Gasteiger partial charge in [0.15, 0.2) is 9.84 Å². The summed E-state index contributed by atoms with van der Waals surface area (Å²) in [6, 6.07) is 4.05. The van der Waals surface area contributed by atoms with E-state index < -0.39 is 21.6 Å². The predicted octanol–water partition coefficient (Wildman–Crippen LogP) is 1.33. The normalized spacial score (nSPS) is 13.9. The Labute approximate surface area is 88.5 Å². The molecule has 0 heterocycles. The lowest BCUT2D eigenvalue weighted by atomic mass is 10.0. The summed E-state index contributed by atoms with van der Waals surface area (Å²) < 4.78 is 36.1. The third kappa shape index (κ3) is 2.54. The lowest BCUT2D eigenvalue weighted by Gasteiger charge is -2.13. The van der Waals surface area contributed by atoms with E-state index in [-0.39, 0.29) is 11.5 Å². The summed E-state index contributed by atoms with van der Waals surface area (Å²) in [5, 5.41) is 8.95. The van der Waals surface area contributed by atoms with Crippen molar-refractivity contribution in [3.63, 3.8) is 0 Å². The lowest BCUT2D eigenvalue weighted by molar-refractivity contribution is 0.271. The number of aliphatic hydroxyl groups is 1. The maximum Gasteiger partial charge on any atom is 0.178 e. The summed E-state index contributed by atoms with van der Waals surface area (Å²) in [5.74, 6) is -1.17. The summed E-state index contributed by atoms with van der Waals surface area (Å²) in [6.45, 7) is 1.43. The Morgan fingerprint density at radius 2 is 2.07 bits per heavy atom. The van der Waals surface area contributed by atoms with Gasteiger partial charge in [0.25, 0.3) is 0 Å². The molecule has 84 valence electrons. The Kier molecular flexibility index (Phi) is 3.46. The molecule has 5 heteroatoms. The van der Waals surface area contributed by atoms with Crippen LogP contribution in [0.1, 0.15) is 18.4 Å². The smallest absolute Gasteiger partial charge is 0.178 e. The number of hydrogen-bond donors (Lipinski definition) is 1. The highest BCUT2D eigenvalue weighted by atomic mass is 32.2. The van der Waals surface area contributed by atoms with Crippen LogP contribution in [0, 0.1) is 5.82 Å². The predicted molar refractivity (Wildman–Crippen MR) is 55.0 cm³/mol. The van der Waals surface area contributed by atoms with Crippen molar-refractivity contribution in [1.82, 2.24) is 0 Å². The molecule has 1 aromatic rings. The minimum absolute atomic E-state index is 0.216. The van der Waals surface area contributed by atoms with Gasteiger partial charge < -0.3 is 5.11 Å². The molecule has 0 saturated heterocycles. The summed E-state index contributed by atoms with van der Waals surface area (Å²) in [4.78, 5) is -0.313. The van der Waals surface area contributed by atoms with E-state index in [4.69, 9.17) is 5.11 Å². The van der Waals surface area contributed by atoms with Crippen LogP contribution in [0.2, 0.25) is 0 Å². The molecule has 0 radical (unpaired) electrons. The van der Waals surface area contributed by atoms with Crippen LogP contribution in [-0.4, -0.2) is 26.4 Å². The maximum atomic E-state index is 13.4. The minimum atomic E-state index is -3.61. The molecule has 0 aliphatic heterocycles. The van der Waals surface area contributed by atoms with Gasteiger partial charge in [0.05, 0.1) is 0 Å². The largest absolute Gasteiger partial charge is 0.396 e. The second-order valence-electron chi connectivity index (χ2n) is 3.51. The molecule has 3 nitrogen and oxygen atoms in total. The van der Waals surface area contributed by atoms with Gasteiger partial charge in [-0.15, -0.1) is 0 Å². The maximum absolute atomic E-state index is 13.4. The van der Waals surface area contributed by atoms with Crippen LogP contribution < -0.4 is 0 Å². The SMILES string of the molecule is CC(CO)c1cccc(F)c1S(C)(=O)=O. The van der Waals surface area contributed by atoms with Gasteiger partial charge in [-0.25, -0.2) is 12.8 Å². The fraction of sp³-hybridized carbons (Fsp3) is 0.400. The van der Waals surface area contributed by atoms with Gasteiger partial charge in [-0.05, 0) is 11.6 Å². The highest BCUT2D eigenvalue weighted by Crippen LogP contribution is 2.26. The highest BCUT2D eigenvalue weighted by Gasteiger charge is 2.21. The summed E-state index contributed by atoms with van der Waals surface area (Å²) in [5.41, 5.74) is 0.319. The van der Waals surface area contributed by atoms with E-state index in [2.05, 4.69) is 0 Å². The zero-order valence-electron chi connectivity index (χ0n) is 8.57. The van der Waals surface area contributed by atoms with Crippen LogP contribution >= 0.6 is 0 Å². The number of sulfone groups is 1. The molecule has 0 fully saturated rings. The van der Waals surface area contributed by atoms with Crippen molar-refractivity contribution in [2.45, 2.75) is 17.7 Å². The van der Waals surface area contributed by atoms with Crippen LogP contribution in [-0.2, 0) is 9.84 Å². The molecule has 0 aliphatic carbocycles. The van der Waals surface area contributed by atoms with Crippen molar-refractivity contribution >= 4 is 9.84 Å². The van der Waals surface area contributed by atoms with Gasteiger partial charge in [-0.1, -0.05) is 19.1 Å². The topological polar surface area (TPSA) is 54.4 Å². The van der Waals surface area contributed by atoms with Gasteiger partial charge >= 0.3 is 0 Å². The van der Waals surface area contributed by atoms with Crippen LogP contribution in [0.15, 0.2) is 23.1 Å². The summed E-state index contributed by atoms with van der Waals surface area (Å²) >= 11 is 0. The molecule has 0 spiro atoms. The first kappa shape index (κ1) is 12.1. The first-order valence-corrected chi connectivity index (χ1v) is 6.36. The fourth-order valence-electron chi connectivity index (χ4n) is 1.40. The standard InChI is InChI=1S/C10H13FO3S/c1-7(6-12)8-4-3-5-9(11)10(8)15(2,13)14/h3-5,7,12H,6H2,1-2H3.